The molecule has 4 nitrogen and oxygen atoms in total. The van der Waals surface area contributed by atoms with Gasteiger partial charge in [-0.2, -0.15) is 0 Å². The van der Waals surface area contributed by atoms with Gasteiger partial charge in [0.25, 0.3) is 0 Å². The van der Waals surface area contributed by atoms with Crippen LogP contribution in [0.2, 0.25) is 0 Å². The SMILES string of the molecule is CCC[C@]1(C(=O)OC)CCc2ccc(O)cc2O1. The second kappa shape index (κ2) is 4.88. The lowest BCUT2D eigenvalue weighted by Crippen LogP contribution is -2.47. The molecule has 1 heterocycles. The van der Waals surface area contributed by atoms with Gasteiger partial charge in [-0.1, -0.05) is 19.4 Å². The Morgan fingerprint density at radius 2 is 2.33 bits per heavy atom. The van der Waals surface area contributed by atoms with Crippen molar-refractivity contribution in [3.05, 3.63) is 23.8 Å². The summed E-state index contributed by atoms with van der Waals surface area (Å²) in [6.45, 7) is 2.01. The van der Waals surface area contributed by atoms with Crippen molar-refractivity contribution < 1.29 is 19.4 Å². The molecule has 0 radical (unpaired) electrons. The molecule has 0 bridgehead atoms. The van der Waals surface area contributed by atoms with Gasteiger partial charge >= 0.3 is 5.97 Å². The lowest BCUT2D eigenvalue weighted by Gasteiger charge is -2.36. The Bertz CT molecular complexity index is 455. The minimum Gasteiger partial charge on any atom is -0.508 e. The van der Waals surface area contributed by atoms with Crippen molar-refractivity contribution in [3.63, 3.8) is 0 Å². The summed E-state index contributed by atoms with van der Waals surface area (Å²) in [6, 6.07) is 5.02. The van der Waals surface area contributed by atoms with Crippen LogP contribution in [0.25, 0.3) is 0 Å². The maximum absolute atomic E-state index is 12.0. The molecule has 2 rings (SSSR count). The molecule has 1 atom stereocenters. The molecule has 0 aromatic heterocycles. The molecule has 4 heteroatoms. The highest BCUT2D eigenvalue weighted by Gasteiger charge is 2.43. The molecule has 98 valence electrons. The van der Waals surface area contributed by atoms with E-state index in [2.05, 4.69) is 0 Å². The third kappa shape index (κ3) is 2.15. The Morgan fingerprint density at radius 3 is 3.00 bits per heavy atom. The molecule has 1 N–H and O–H groups in total. The van der Waals surface area contributed by atoms with Gasteiger partial charge in [0.05, 0.1) is 7.11 Å². The second-order valence-corrected chi connectivity index (χ2v) is 4.63. The fourth-order valence-corrected chi connectivity index (χ4v) is 2.45. The molecule has 0 saturated heterocycles. The van der Waals surface area contributed by atoms with Crippen molar-refractivity contribution >= 4 is 5.97 Å². The molecule has 18 heavy (non-hydrogen) atoms. The maximum Gasteiger partial charge on any atom is 0.350 e. The molecule has 1 aliphatic rings. The van der Waals surface area contributed by atoms with Crippen LogP contribution in [0.3, 0.4) is 0 Å². The lowest BCUT2D eigenvalue weighted by molar-refractivity contribution is -0.161. The Labute approximate surface area is 107 Å². The number of aryl methyl sites for hydroxylation is 1. The number of rotatable bonds is 3. The van der Waals surface area contributed by atoms with E-state index in [0.29, 0.717) is 18.6 Å². The summed E-state index contributed by atoms with van der Waals surface area (Å²) in [4.78, 5) is 12.0. The van der Waals surface area contributed by atoms with Crippen LogP contribution in [0.1, 0.15) is 31.7 Å². The van der Waals surface area contributed by atoms with Crippen molar-refractivity contribution in [2.45, 2.75) is 38.2 Å². The summed E-state index contributed by atoms with van der Waals surface area (Å²) < 4.78 is 10.7. The Kier molecular flexibility index (Phi) is 3.45. The zero-order valence-corrected chi connectivity index (χ0v) is 10.7. The molecule has 1 aromatic carbocycles. The van der Waals surface area contributed by atoms with E-state index in [-0.39, 0.29) is 11.7 Å². The van der Waals surface area contributed by atoms with Crippen molar-refractivity contribution in [1.82, 2.24) is 0 Å². The van der Waals surface area contributed by atoms with E-state index in [4.69, 9.17) is 9.47 Å². The summed E-state index contributed by atoms with van der Waals surface area (Å²) in [7, 11) is 1.38. The number of phenols is 1. The Balaban J connectivity index is 2.34. The predicted octanol–water partition coefficient (Wildman–Crippen LogP) is 2.43. The third-order valence-electron chi connectivity index (χ3n) is 3.37. The Morgan fingerprint density at radius 1 is 1.56 bits per heavy atom. The van der Waals surface area contributed by atoms with Gasteiger partial charge < -0.3 is 14.6 Å². The first-order valence-electron chi connectivity index (χ1n) is 6.20. The summed E-state index contributed by atoms with van der Waals surface area (Å²) in [5.41, 5.74) is 0.119. The topological polar surface area (TPSA) is 55.8 Å². The summed E-state index contributed by atoms with van der Waals surface area (Å²) in [5.74, 6) is 0.393. The van der Waals surface area contributed by atoms with Gasteiger partial charge in [0.1, 0.15) is 11.5 Å². The molecule has 0 saturated carbocycles. The first-order valence-corrected chi connectivity index (χ1v) is 6.20. The van der Waals surface area contributed by atoms with Crippen LogP contribution in [-0.2, 0) is 16.0 Å². The van der Waals surface area contributed by atoms with Gasteiger partial charge in [-0.3, -0.25) is 0 Å². The van der Waals surface area contributed by atoms with E-state index in [1.54, 1.807) is 12.1 Å². The van der Waals surface area contributed by atoms with Crippen LogP contribution in [0.4, 0.5) is 0 Å². The van der Waals surface area contributed by atoms with Gasteiger partial charge in [0, 0.05) is 12.5 Å². The van der Waals surface area contributed by atoms with Gasteiger partial charge in [-0.15, -0.1) is 0 Å². The van der Waals surface area contributed by atoms with Crippen molar-refractivity contribution in [2.24, 2.45) is 0 Å². The molecule has 1 aromatic rings. The Hall–Kier alpha value is -1.71. The number of hydrogen-bond donors (Lipinski definition) is 1. The van der Waals surface area contributed by atoms with E-state index >= 15 is 0 Å². The number of carbonyl (C=O) groups excluding carboxylic acids is 1. The molecular weight excluding hydrogens is 232 g/mol. The van der Waals surface area contributed by atoms with E-state index < -0.39 is 5.60 Å². The molecule has 0 aliphatic carbocycles. The number of methoxy groups -OCH3 is 1. The summed E-state index contributed by atoms with van der Waals surface area (Å²) >= 11 is 0. The quantitative estimate of drug-likeness (QED) is 0.837. The maximum atomic E-state index is 12.0. The minimum absolute atomic E-state index is 0.144. The fourth-order valence-electron chi connectivity index (χ4n) is 2.45. The summed E-state index contributed by atoms with van der Waals surface area (Å²) in [6.07, 6.45) is 2.83. The molecule has 0 fully saturated rings. The second-order valence-electron chi connectivity index (χ2n) is 4.63. The first kappa shape index (κ1) is 12.7. The van der Waals surface area contributed by atoms with Crippen molar-refractivity contribution in [1.29, 1.82) is 0 Å². The molecule has 0 spiro atoms. The number of esters is 1. The monoisotopic (exact) mass is 250 g/mol. The van der Waals surface area contributed by atoms with Crippen molar-refractivity contribution in [3.8, 4) is 11.5 Å². The van der Waals surface area contributed by atoms with Gasteiger partial charge in [-0.25, -0.2) is 4.79 Å². The van der Waals surface area contributed by atoms with E-state index in [9.17, 15) is 9.90 Å². The summed E-state index contributed by atoms with van der Waals surface area (Å²) in [5, 5.41) is 9.49. The molecule has 0 unspecified atom stereocenters. The van der Waals surface area contributed by atoms with E-state index in [1.165, 1.54) is 7.11 Å². The van der Waals surface area contributed by atoms with Gasteiger partial charge in [0.15, 0.2) is 0 Å². The molecule has 1 aliphatic heterocycles. The number of fused-ring (bicyclic) bond motifs is 1. The van der Waals surface area contributed by atoms with Gasteiger partial charge in [-0.05, 0) is 24.5 Å². The highest BCUT2D eigenvalue weighted by Crippen LogP contribution is 2.38. The average molecular weight is 250 g/mol. The lowest BCUT2D eigenvalue weighted by atomic mass is 9.87. The number of aromatic hydroxyl groups is 1. The van der Waals surface area contributed by atoms with Crippen LogP contribution in [0.15, 0.2) is 18.2 Å². The van der Waals surface area contributed by atoms with Crippen LogP contribution < -0.4 is 4.74 Å². The molecular formula is C14H18O4. The largest absolute Gasteiger partial charge is 0.508 e. The number of phenolic OH excluding ortho intramolecular Hbond substituents is 1. The van der Waals surface area contributed by atoms with Crippen LogP contribution >= 0.6 is 0 Å². The minimum atomic E-state index is -0.899. The molecule has 0 amide bonds. The number of benzene rings is 1. The average Bonchev–Trinajstić information content (AvgIpc) is 2.37. The number of hydrogen-bond acceptors (Lipinski definition) is 4. The third-order valence-corrected chi connectivity index (χ3v) is 3.37. The first-order chi connectivity index (χ1) is 8.61. The number of carbonyl (C=O) groups is 1. The smallest absolute Gasteiger partial charge is 0.350 e. The normalized spacial score (nSPS) is 21.9. The highest BCUT2D eigenvalue weighted by atomic mass is 16.6. The van der Waals surface area contributed by atoms with E-state index in [0.717, 1.165) is 18.4 Å². The number of ether oxygens (including phenoxy) is 2. The predicted molar refractivity (Wildman–Crippen MR) is 66.7 cm³/mol. The van der Waals surface area contributed by atoms with E-state index in [1.807, 2.05) is 13.0 Å². The highest BCUT2D eigenvalue weighted by molar-refractivity contribution is 5.80. The fraction of sp³-hybridized carbons (Fsp3) is 0.500. The van der Waals surface area contributed by atoms with Crippen molar-refractivity contribution in [2.75, 3.05) is 7.11 Å². The zero-order valence-electron chi connectivity index (χ0n) is 10.7. The standard InChI is InChI=1S/C14H18O4/c1-3-7-14(13(16)17-2)8-6-10-4-5-11(15)9-12(10)18-14/h4-5,9,15H,3,6-8H2,1-2H3/t14-/m1/s1. The van der Waals surface area contributed by atoms with Crippen LogP contribution in [-0.4, -0.2) is 23.8 Å². The zero-order chi connectivity index (χ0) is 13.2. The van der Waals surface area contributed by atoms with Gasteiger partial charge in [0.2, 0.25) is 5.60 Å². The van der Waals surface area contributed by atoms with Crippen LogP contribution in [0, 0.1) is 0 Å². The van der Waals surface area contributed by atoms with Crippen LogP contribution in [0.5, 0.6) is 11.5 Å².